The maximum atomic E-state index is 13.6. The smallest absolute Gasteiger partial charge is 0.246 e. The summed E-state index contributed by atoms with van der Waals surface area (Å²) < 4.78 is 20.1. The Morgan fingerprint density at radius 1 is 1.52 bits per heavy atom. The Morgan fingerprint density at radius 3 is 2.95 bits per heavy atom. The Balaban J connectivity index is 1.97. The molecule has 0 spiro atoms. The van der Waals surface area contributed by atoms with E-state index in [0.29, 0.717) is 18.0 Å². The number of nitrogens with two attached hydrogens (primary N) is 1. The number of halogens is 1. The van der Waals surface area contributed by atoms with Gasteiger partial charge in [0, 0.05) is 18.3 Å². The molecule has 0 atom stereocenters. The molecular formula is C13H16FN5O2. The molecule has 1 heterocycles. The third-order valence-electron chi connectivity index (χ3n) is 2.62. The van der Waals surface area contributed by atoms with Crippen LogP contribution in [-0.2, 0) is 17.9 Å². The van der Waals surface area contributed by atoms with Crippen LogP contribution in [0.2, 0.25) is 0 Å². The van der Waals surface area contributed by atoms with E-state index in [0.717, 1.165) is 0 Å². The Morgan fingerprint density at radius 2 is 2.33 bits per heavy atom. The molecule has 0 radical (unpaired) electrons. The van der Waals surface area contributed by atoms with Crippen LogP contribution in [0, 0.1) is 5.82 Å². The lowest BCUT2D eigenvalue weighted by molar-refractivity contribution is -0.116. The van der Waals surface area contributed by atoms with Gasteiger partial charge in [-0.2, -0.15) is 0 Å². The van der Waals surface area contributed by atoms with E-state index in [9.17, 15) is 9.18 Å². The van der Waals surface area contributed by atoms with Crippen LogP contribution in [0.15, 0.2) is 24.4 Å². The van der Waals surface area contributed by atoms with Gasteiger partial charge in [0.05, 0.1) is 18.5 Å². The minimum Gasteiger partial charge on any atom is -0.491 e. The van der Waals surface area contributed by atoms with Crippen molar-refractivity contribution < 1.29 is 13.9 Å². The zero-order valence-electron chi connectivity index (χ0n) is 11.5. The van der Waals surface area contributed by atoms with E-state index >= 15 is 0 Å². The highest BCUT2D eigenvalue weighted by Gasteiger charge is 2.09. The number of amides is 1. The van der Waals surface area contributed by atoms with Crippen LogP contribution in [0.3, 0.4) is 0 Å². The molecule has 21 heavy (non-hydrogen) atoms. The molecule has 1 aromatic carbocycles. The predicted octanol–water partition coefficient (Wildman–Crippen LogP) is 0.913. The molecule has 8 heteroatoms. The van der Waals surface area contributed by atoms with Crippen molar-refractivity contribution in [3.8, 4) is 5.75 Å². The fraction of sp³-hybridized carbons (Fsp3) is 0.308. The van der Waals surface area contributed by atoms with Gasteiger partial charge >= 0.3 is 0 Å². The van der Waals surface area contributed by atoms with Crippen LogP contribution >= 0.6 is 0 Å². The van der Waals surface area contributed by atoms with Gasteiger partial charge in [-0.3, -0.25) is 4.79 Å². The SMILES string of the molecule is CCOc1ccc(NC(=O)Cn2cc(CN)nn2)cc1F. The zero-order chi connectivity index (χ0) is 15.2. The molecular weight excluding hydrogens is 277 g/mol. The van der Waals surface area contributed by atoms with Crippen molar-refractivity contribution in [1.29, 1.82) is 0 Å². The first kappa shape index (κ1) is 14.9. The average molecular weight is 293 g/mol. The highest BCUT2D eigenvalue weighted by Crippen LogP contribution is 2.21. The maximum absolute atomic E-state index is 13.6. The summed E-state index contributed by atoms with van der Waals surface area (Å²) in [5, 5.41) is 10.1. The lowest BCUT2D eigenvalue weighted by Gasteiger charge is -2.08. The molecule has 0 aliphatic heterocycles. The van der Waals surface area contributed by atoms with Crippen molar-refractivity contribution >= 4 is 11.6 Å². The third-order valence-corrected chi connectivity index (χ3v) is 2.62. The summed E-state index contributed by atoms with van der Waals surface area (Å²) >= 11 is 0. The van der Waals surface area contributed by atoms with Gasteiger partial charge in [0.1, 0.15) is 6.54 Å². The molecule has 0 saturated carbocycles. The summed E-state index contributed by atoms with van der Waals surface area (Å²) in [4.78, 5) is 11.8. The number of benzene rings is 1. The minimum atomic E-state index is -0.527. The molecule has 0 aliphatic carbocycles. The van der Waals surface area contributed by atoms with E-state index in [1.807, 2.05) is 0 Å². The lowest BCUT2D eigenvalue weighted by atomic mass is 10.3. The molecule has 112 valence electrons. The van der Waals surface area contributed by atoms with Crippen LogP contribution in [0.4, 0.5) is 10.1 Å². The molecule has 1 aromatic heterocycles. The van der Waals surface area contributed by atoms with E-state index in [-0.39, 0.29) is 24.7 Å². The van der Waals surface area contributed by atoms with Crippen LogP contribution in [0.1, 0.15) is 12.6 Å². The Labute approximate surface area is 120 Å². The molecule has 3 N–H and O–H groups in total. The van der Waals surface area contributed by atoms with E-state index < -0.39 is 5.82 Å². The Bertz CT molecular complexity index is 629. The highest BCUT2D eigenvalue weighted by atomic mass is 19.1. The van der Waals surface area contributed by atoms with E-state index in [1.54, 1.807) is 19.2 Å². The third kappa shape index (κ3) is 3.99. The summed E-state index contributed by atoms with van der Waals surface area (Å²) in [6.45, 7) is 2.37. The minimum absolute atomic E-state index is 0.0260. The number of nitrogens with one attached hydrogen (secondary N) is 1. The van der Waals surface area contributed by atoms with Crippen molar-refractivity contribution in [3.63, 3.8) is 0 Å². The number of hydrogen-bond acceptors (Lipinski definition) is 5. The number of ether oxygens (including phenoxy) is 1. The van der Waals surface area contributed by atoms with Crippen LogP contribution < -0.4 is 15.8 Å². The van der Waals surface area contributed by atoms with Gasteiger partial charge in [0.15, 0.2) is 11.6 Å². The summed E-state index contributed by atoms with van der Waals surface area (Å²) in [5.41, 5.74) is 6.34. The van der Waals surface area contributed by atoms with E-state index in [4.69, 9.17) is 10.5 Å². The molecule has 7 nitrogen and oxygen atoms in total. The zero-order valence-corrected chi connectivity index (χ0v) is 11.5. The molecule has 2 rings (SSSR count). The van der Waals surface area contributed by atoms with Crippen LogP contribution in [-0.4, -0.2) is 27.5 Å². The number of rotatable bonds is 6. The quantitative estimate of drug-likeness (QED) is 0.825. The topological polar surface area (TPSA) is 95.1 Å². The Kier molecular flexibility index (Phi) is 4.83. The largest absolute Gasteiger partial charge is 0.491 e. The first-order chi connectivity index (χ1) is 10.1. The van der Waals surface area contributed by atoms with Gasteiger partial charge in [-0.15, -0.1) is 5.10 Å². The highest BCUT2D eigenvalue weighted by molar-refractivity contribution is 5.90. The number of aromatic nitrogens is 3. The van der Waals surface area contributed by atoms with Crippen molar-refractivity contribution in [2.24, 2.45) is 5.73 Å². The fourth-order valence-corrected chi connectivity index (χ4v) is 1.71. The van der Waals surface area contributed by atoms with Crippen molar-refractivity contribution in [2.75, 3.05) is 11.9 Å². The molecule has 0 unspecified atom stereocenters. The van der Waals surface area contributed by atoms with Crippen molar-refractivity contribution in [1.82, 2.24) is 15.0 Å². The van der Waals surface area contributed by atoms with Crippen molar-refractivity contribution in [2.45, 2.75) is 20.0 Å². The second-order valence-electron chi connectivity index (χ2n) is 4.24. The van der Waals surface area contributed by atoms with E-state index in [1.165, 1.54) is 16.8 Å². The molecule has 0 bridgehead atoms. The lowest BCUT2D eigenvalue weighted by Crippen LogP contribution is -2.19. The number of hydrogen-bond donors (Lipinski definition) is 2. The van der Waals surface area contributed by atoms with Gasteiger partial charge in [0.25, 0.3) is 0 Å². The van der Waals surface area contributed by atoms with Gasteiger partial charge in [-0.05, 0) is 19.1 Å². The van der Waals surface area contributed by atoms with Gasteiger partial charge in [-0.25, -0.2) is 9.07 Å². The molecule has 1 amide bonds. The predicted molar refractivity (Wildman–Crippen MR) is 74.1 cm³/mol. The van der Waals surface area contributed by atoms with Gasteiger partial charge < -0.3 is 15.8 Å². The van der Waals surface area contributed by atoms with Gasteiger partial charge in [-0.1, -0.05) is 5.21 Å². The molecule has 2 aromatic rings. The van der Waals surface area contributed by atoms with E-state index in [2.05, 4.69) is 15.6 Å². The molecule has 0 saturated heterocycles. The summed E-state index contributed by atoms with van der Waals surface area (Å²) in [5.74, 6) is -0.716. The normalized spacial score (nSPS) is 10.4. The number of carbonyl (C=O) groups excluding carboxylic acids is 1. The second kappa shape index (κ2) is 6.80. The number of anilines is 1. The van der Waals surface area contributed by atoms with Gasteiger partial charge in [0.2, 0.25) is 5.91 Å². The fourth-order valence-electron chi connectivity index (χ4n) is 1.71. The number of nitrogens with zero attached hydrogens (tertiary/aromatic N) is 3. The standard InChI is InChI=1S/C13H16FN5O2/c1-2-21-12-4-3-9(5-11(12)14)16-13(20)8-19-7-10(6-15)17-18-19/h3-5,7H,2,6,8,15H2,1H3,(H,16,20). The van der Waals surface area contributed by atoms with Crippen LogP contribution in [0.25, 0.3) is 0 Å². The first-order valence-electron chi connectivity index (χ1n) is 6.43. The molecule has 0 aliphatic rings. The maximum Gasteiger partial charge on any atom is 0.246 e. The van der Waals surface area contributed by atoms with Crippen LogP contribution in [0.5, 0.6) is 5.75 Å². The molecule has 0 fully saturated rings. The Hall–Kier alpha value is -2.48. The summed E-state index contributed by atoms with van der Waals surface area (Å²) in [7, 11) is 0. The first-order valence-corrected chi connectivity index (χ1v) is 6.43. The number of carbonyl (C=O) groups is 1. The summed E-state index contributed by atoms with van der Waals surface area (Å²) in [6.07, 6.45) is 1.58. The second-order valence-corrected chi connectivity index (χ2v) is 4.24. The summed E-state index contributed by atoms with van der Waals surface area (Å²) in [6, 6.07) is 4.24. The monoisotopic (exact) mass is 293 g/mol. The average Bonchev–Trinajstić information content (AvgIpc) is 2.89. The van der Waals surface area contributed by atoms with Crippen molar-refractivity contribution in [3.05, 3.63) is 35.9 Å².